The summed E-state index contributed by atoms with van der Waals surface area (Å²) >= 11 is 0. The Hall–Kier alpha value is -1.30. The quantitative estimate of drug-likeness (QED) is 0.757. The number of halogens is 3. The molecule has 3 nitrogen and oxygen atoms in total. The number of carbonyl (C=O) groups excluding carboxylic acids is 1. The molecular formula is C10H12F3NO2. The van der Waals surface area contributed by atoms with E-state index in [0.29, 0.717) is 6.92 Å². The number of allylic oxidation sites excluding steroid dienone is 3. The Kier molecular flexibility index (Phi) is 2.89. The van der Waals surface area contributed by atoms with E-state index in [0.717, 1.165) is 6.08 Å². The summed E-state index contributed by atoms with van der Waals surface area (Å²) in [7, 11) is 0. The van der Waals surface area contributed by atoms with Gasteiger partial charge in [0.2, 0.25) is 5.91 Å². The molecule has 1 rings (SSSR count). The van der Waals surface area contributed by atoms with Gasteiger partial charge in [-0.2, -0.15) is 13.2 Å². The molecule has 0 saturated carbocycles. The number of alkyl halides is 3. The number of aliphatic hydroxyl groups is 1. The summed E-state index contributed by atoms with van der Waals surface area (Å²) in [4.78, 5) is 11.2. The summed E-state index contributed by atoms with van der Waals surface area (Å²) in [6.07, 6.45) is -0.0706. The minimum Gasteiger partial charge on any atom is -0.379 e. The van der Waals surface area contributed by atoms with Crippen molar-refractivity contribution in [1.82, 2.24) is 0 Å². The van der Waals surface area contributed by atoms with E-state index in [1.807, 2.05) is 0 Å². The van der Waals surface area contributed by atoms with Gasteiger partial charge in [0.1, 0.15) is 5.41 Å². The molecule has 0 fully saturated rings. The van der Waals surface area contributed by atoms with E-state index in [4.69, 9.17) is 5.73 Å². The van der Waals surface area contributed by atoms with E-state index >= 15 is 0 Å². The van der Waals surface area contributed by atoms with E-state index in [1.54, 1.807) is 0 Å². The number of amides is 1. The van der Waals surface area contributed by atoms with Crippen LogP contribution in [0.3, 0.4) is 0 Å². The lowest BCUT2D eigenvalue weighted by Crippen LogP contribution is -2.61. The van der Waals surface area contributed by atoms with Gasteiger partial charge in [-0.15, -0.1) is 0 Å². The second kappa shape index (κ2) is 3.62. The molecule has 0 aliphatic heterocycles. The highest BCUT2D eigenvalue weighted by Crippen LogP contribution is 2.47. The van der Waals surface area contributed by atoms with Crippen molar-refractivity contribution in [2.75, 3.05) is 0 Å². The average molecular weight is 235 g/mol. The molecule has 0 heterocycles. The molecule has 16 heavy (non-hydrogen) atoms. The lowest BCUT2D eigenvalue weighted by molar-refractivity contribution is -0.281. The van der Waals surface area contributed by atoms with Gasteiger partial charge in [0, 0.05) is 0 Å². The molecule has 1 aliphatic carbocycles. The van der Waals surface area contributed by atoms with Crippen LogP contribution in [-0.4, -0.2) is 22.8 Å². The van der Waals surface area contributed by atoms with Gasteiger partial charge in [0.05, 0.1) is 0 Å². The maximum absolute atomic E-state index is 12.7. The van der Waals surface area contributed by atoms with Gasteiger partial charge in [-0.05, 0) is 13.3 Å². The van der Waals surface area contributed by atoms with Crippen molar-refractivity contribution in [3.8, 4) is 0 Å². The molecule has 0 saturated heterocycles. The summed E-state index contributed by atoms with van der Waals surface area (Å²) in [6, 6.07) is 0. The van der Waals surface area contributed by atoms with Gasteiger partial charge in [-0.25, -0.2) is 0 Å². The van der Waals surface area contributed by atoms with Crippen molar-refractivity contribution in [3.63, 3.8) is 0 Å². The van der Waals surface area contributed by atoms with Crippen LogP contribution in [0.2, 0.25) is 0 Å². The summed E-state index contributed by atoms with van der Waals surface area (Å²) in [5.74, 6) is -1.20. The Morgan fingerprint density at radius 1 is 1.44 bits per heavy atom. The van der Waals surface area contributed by atoms with Crippen LogP contribution in [0.1, 0.15) is 13.3 Å². The lowest BCUT2D eigenvalue weighted by Gasteiger charge is -2.42. The Morgan fingerprint density at radius 2 is 2.00 bits per heavy atom. The molecule has 0 bridgehead atoms. The molecule has 0 spiro atoms. The zero-order valence-electron chi connectivity index (χ0n) is 8.58. The molecule has 0 aromatic carbocycles. The molecule has 3 N–H and O–H groups in total. The number of carbonyl (C=O) groups is 1. The fourth-order valence-corrected chi connectivity index (χ4v) is 1.66. The smallest absolute Gasteiger partial charge is 0.379 e. The van der Waals surface area contributed by atoms with E-state index in [1.165, 1.54) is 18.2 Å². The zero-order valence-corrected chi connectivity index (χ0v) is 8.58. The monoisotopic (exact) mass is 235 g/mol. The van der Waals surface area contributed by atoms with Gasteiger partial charge in [0.25, 0.3) is 0 Å². The number of nitrogens with two attached hydrogens (primary N) is 1. The van der Waals surface area contributed by atoms with Crippen LogP contribution >= 0.6 is 0 Å². The van der Waals surface area contributed by atoms with Crippen LogP contribution in [0, 0.1) is 5.41 Å². The molecule has 0 aromatic rings. The van der Waals surface area contributed by atoms with Crippen molar-refractivity contribution in [2.24, 2.45) is 11.1 Å². The molecule has 2 atom stereocenters. The van der Waals surface area contributed by atoms with Gasteiger partial charge in [-0.3, -0.25) is 4.79 Å². The van der Waals surface area contributed by atoms with E-state index in [9.17, 15) is 23.1 Å². The third-order valence-corrected chi connectivity index (χ3v) is 2.93. The van der Waals surface area contributed by atoms with Crippen molar-refractivity contribution in [2.45, 2.75) is 25.1 Å². The molecule has 1 aliphatic rings. The first-order valence-corrected chi connectivity index (χ1v) is 4.58. The molecule has 6 heteroatoms. The fourth-order valence-electron chi connectivity index (χ4n) is 1.66. The average Bonchev–Trinajstić information content (AvgIpc) is 2.16. The predicted octanol–water partition coefficient (Wildman–Crippen LogP) is 1.29. The maximum Gasteiger partial charge on any atom is 0.418 e. The fraction of sp³-hybridized carbons (Fsp3) is 0.500. The zero-order chi connectivity index (χ0) is 12.6. The minimum atomic E-state index is -4.93. The number of primary amides is 1. The third kappa shape index (κ3) is 1.63. The first kappa shape index (κ1) is 12.8. The van der Waals surface area contributed by atoms with Crippen LogP contribution in [0.4, 0.5) is 13.2 Å². The number of hydrogen-bond donors (Lipinski definition) is 2. The number of hydrogen-bond acceptors (Lipinski definition) is 2. The van der Waals surface area contributed by atoms with Gasteiger partial charge >= 0.3 is 6.18 Å². The van der Waals surface area contributed by atoms with E-state index in [2.05, 4.69) is 0 Å². The second-order valence-corrected chi connectivity index (χ2v) is 3.90. The summed E-state index contributed by atoms with van der Waals surface area (Å²) < 4.78 is 38.1. The highest BCUT2D eigenvalue weighted by atomic mass is 19.4. The molecule has 2 unspecified atom stereocenters. The highest BCUT2D eigenvalue weighted by molar-refractivity contribution is 5.85. The first-order chi connectivity index (χ1) is 7.15. The highest BCUT2D eigenvalue weighted by Gasteiger charge is 2.64. The normalized spacial score (nSPS) is 28.8. The molecule has 90 valence electrons. The van der Waals surface area contributed by atoms with Crippen LogP contribution in [0.15, 0.2) is 24.3 Å². The lowest BCUT2D eigenvalue weighted by atomic mass is 9.67. The maximum atomic E-state index is 12.7. The minimum absolute atomic E-state index is 0.272. The van der Waals surface area contributed by atoms with Crippen LogP contribution in [0.25, 0.3) is 0 Å². The van der Waals surface area contributed by atoms with Crippen LogP contribution < -0.4 is 5.73 Å². The Balaban J connectivity index is 3.29. The SMILES string of the molecule is CC(O)(C(F)(F)F)C1(C(N)=O)C=CC=CC1. The first-order valence-electron chi connectivity index (χ1n) is 4.58. The molecule has 1 amide bonds. The topological polar surface area (TPSA) is 63.3 Å². The Bertz CT molecular complexity index is 358. The van der Waals surface area contributed by atoms with Gasteiger partial charge in [-0.1, -0.05) is 24.3 Å². The molecule has 0 radical (unpaired) electrons. The molecular weight excluding hydrogens is 223 g/mol. The largest absolute Gasteiger partial charge is 0.418 e. The van der Waals surface area contributed by atoms with Gasteiger partial charge < -0.3 is 10.8 Å². The Labute approximate surface area is 90.4 Å². The standard InChI is InChI=1S/C10H12F3NO2/c1-8(16,10(11,12)13)9(7(14)15)5-3-2-4-6-9/h2-5,16H,6H2,1H3,(H2,14,15). The third-order valence-electron chi connectivity index (χ3n) is 2.93. The summed E-state index contributed by atoms with van der Waals surface area (Å²) in [5, 5.41) is 9.59. The van der Waals surface area contributed by atoms with Crippen molar-refractivity contribution < 1.29 is 23.1 Å². The van der Waals surface area contributed by atoms with Crippen LogP contribution in [-0.2, 0) is 4.79 Å². The van der Waals surface area contributed by atoms with Crippen molar-refractivity contribution in [1.29, 1.82) is 0 Å². The van der Waals surface area contributed by atoms with E-state index in [-0.39, 0.29) is 6.42 Å². The summed E-state index contributed by atoms with van der Waals surface area (Å²) in [6.45, 7) is 0.557. The van der Waals surface area contributed by atoms with Crippen molar-refractivity contribution in [3.05, 3.63) is 24.3 Å². The second-order valence-electron chi connectivity index (χ2n) is 3.90. The number of rotatable bonds is 2. The van der Waals surface area contributed by atoms with Gasteiger partial charge in [0.15, 0.2) is 5.60 Å². The Morgan fingerprint density at radius 3 is 2.31 bits per heavy atom. The van der Waals surface area contributed by atoms with Crippen LogP contribution in [0.5, 0.6) is 0 Å². The van der Waals surface area contributed by atoms with Crippen molar-refractivity contribution >= 4 is 5.91 Å². The molecule has 0 aromatic heterocycles. The summed E-state index contributed by atoms with van der Waals surface area (Å²) in [5.41, 5.74) is -0.325. The van der Waals surface area contributed by atoms with E-state index < -0.39 is 23.1 Å². The predicted molar refractivity (Wildman–Crippen MR) is 51.2 cm³/mol.